The van der Waals surface area contributed by atoms with Crippen LogP contribution in [0.25, 0.3) is 0 Å². The van der Waals surface area contributed by atoms with Gasteiger partial charge in [-0.15, -0.1) is 0 Å². The van der Waals surface area contributed by atoms with Crippen LogP contribution in [-0.2, 0) is 9.53 Å². The van der Waals surface area contributed by atoms with E-state index in [0.29, 0.717) is 30.0 Å². The largest absolute Gasteiger partial charge is 0.481 e. The highest BCUT2D eigenvalue weighted by molar-refractivity contribution is 5.95. The van der Waals surface area contributed by atoms with Gasteiger partial charge in [0, 0.05) is 5.69 Å². The van der Waals surface area contributed by atoms with Crippen LogP contribution in [0.1, 0.15) is 41.8 Å². The molecule has 5 heteroatoms. The van der Waals surface area contributed by atoms with E-state index in [4.69, 9.17) is 9.47 Å². The van der Waals surface area contributed by atoms with E-state index in [2.05, 4.69) is 5.32 Å². The first-order valence-electron chi connectivity index (χ1n) is 8.76. The van der Waals surface area contributed by atoms with Gasteiger partial charge >= 0.3 is 5.97 Å². The molecule has 0 bridgehead atoms. The Hall–Kier alpha value is -2.82. The minimum absolute atomic E-state index is 0.227. The molecule has 1 N–H and O–H groups in total. The van der Waals surface area contributed by atoms with Crippen LogP contribution in [0.5, 0.6) is 5.75 Å². The molecule has 5 nitrogen and oxygen atoms in total. The summed E-state index contributed by atoms with van der Waals surface area (Å²) < 4.78 is 10.8. The average Bonchev–Trinajstić information content (AvgIpc) is 2.63. The van der Waals surface area contributed by atoms with Gasteiger partial charge in [0.25, 0.3) is 5.91 Å². The van der Waals surface area contributed by atoms with E-state index in [-0.39, 0.29) is 11.9 Å². The van der Waals surface area contributed by atoms with Gasteiger partial charge in [0.05, 0.1) is 12.2 Å². The Labute approximate surface area is 154 Å². The molecular weight excluding hydrogens is 330 g/mol. The molecule has 26 heavy (non-hydrogen) atoms. The average molecular weight is 355 g/mol. The summed E-state index contributed by atoms with van der Waals surface area (Å²) in [4.78, 5) is 24.2. The monoisotopic (exact) mass is 355 g/mol. The van der Waals surface area contributed by atoms with E-state index in [1.807, 2.05) is 39.0 Å². The lowest BCUT2D eigenvalue weighted by Gasteiger charge is -2.18. The second-order valence-corrected chi connectivity index (χ2v) is 6.05. The maximum atomic E-state index is 12.5. The Morgan fingerprint density at radius 2 is 1.69 bits per heavy atom. The van der Waals surface area contributed by atoms with Crippen molar-refractivity contribution in [1.29, 1.82) is 0 Å². The van der Waals surface area contributed by atoms with E-state index in [1.165, 1.54) is 5.56 Å². The lowest BCUT2D eigenvalue weighted by molar-refractivity contribution is -0.122. The SMILES string of the molecule is CCOC(=O)c1ccc(NC(=O)[C@H](CC)Oc2ccc(C)c(C)c2)cc1. The van der Waals surface area contributed by atoms with Crippen LogP contribution in [0.4, 0.5) is 5.69 Å². The fourth-order valence-electron chi connectivity index (χ4n) is 2.40. The predicted octanol–water partition coefficient (Wildman–Crippen LogP) is 4.28. The molecule has 0 unspecified atom stereocenters. The lowest BCUT2D eigenvalue weighted by atomic mass is 10.1. The fourth-order valence-corrected chi connectivity index (χ4v) is 2.40. The molecule has 0 aliphatic carbocycles. The van der Waals surface area contributed by atoms with Gasteiger partial charge in [0.1, 0.15) is 5.75 Å². The molecule has 1 amide bonds. The number of amides is 1. The van der Waals surface area contributed by atoms with Gasteiger partial charge < -0.3 is 14.8 Å². The zero-order valence-corrected chi connectivity index (χ0v) is 15.7. The van der Waals surface area contributed by atoms with E-state index in [9.17, 15) is 9.59 Å². The van der Waals surface area contributed by atoms with Crippen molar-refractivity contribution in [2.75, 3.05) is 11.9 Å². The van der Waals surface area contributed by atoms with E-state index >= 15 is 0 Å². The highest BCUT2D eigenvalue weighted by Gasteiger charge is 2.19. The van der Waals surface area contributed by atoms with Gasteiger partial charge in [0.15, 0.2) is 6.10 Å². The number of nitrogens with one attached hydrogen (secondary N) is 1. The van der Waals surface area contributed by atoms with Gasteiger partial charge in [-0.2, -0.15) is 0 Å². The molecule has 0 saturated carbocycles. The van der Waals surface area contributed by atoms with Crippen LogP contribution >= 0.6 is 0 Å². The molecule has 0 heterocycles. The maximum Gasteiger partial charge on any atom is 0.338 e. The number of anilines is 1. The number of carbonyl (C=O) groups excluding carboxylic acids is 2. The topological polar surface area (TPSA) is 64.6 Å². The second-order valence-electron chi connectivity index (χ2n) is 6.05. The quantitative estimate of drug-likeness (QED) is 0.753. The summed E-state index contributed by atoms with van der Waals surface area (Å²) in [5, 5.41) is 2.82. The first-order valence-corrected chi connectivity index (χ1v) is 8.76. The Morgan fingerprint density at radius 1 is 1.00 bits per heavy atom. The van der Waals surface area contributed by atoms with Crippen molar-refractivity contribution in [3.63, 3.8) is 0 Å². The number of ether oxygens (including phenoxy) is 2. The minimum atomic E-state index is -0.596. The molecule has 0 spiro atoms. The summed E-state index contributed by atoms with van der Waals surface area (Å²) in [6.45, 7) is 8.02. The van der Waals surface area contributed by atoms with Crippen molar-refractivity contribution >= 4 is 17.6 Å². The molecule has 0 aromatic heterocycles. The normalized spacial score (nSPS) is 11.5. The number of rotatable bonds is 7. The van der Waals surface area contributed by atoms with Crippen LogP contribution in [0.15, 0.2) is 42.5 Å². The third-order valence-electron chi connectivity index (χ3n) is 4.08. The molecule has 2 aromatic carbocycles. The Bertz CT molecular complexity index is 768. The molecule has 1 atom stereocenters. The summed E-state index contributed by atoms with van der Waals surface area (Å²) in [6.07, 6.45) is -0.0542. The van der Waals surface area contributed by atoms with Gasteiger partial charge in [-0.05, 0) is 74.7 Å². The number of esters is 1. The fraction of sp³-hybridized carbons (Fsp3) is 0.333. The zero-order valence-electron chi connectivity index (χ0n) is 15.7. The van der Waals surface area contributed by atoms with Crippen molar-refractivity contribution in [3.05, 3.63) is 59.2 Å². The third-order valence-corrected chi connectivity index (χ3v) is 4.08. The van der Waals surface area contributed by atoms with Gasteiger partial charge in [-0.1, -0.05) is 13.0 Å². The van der Waals surface area contributed by atoms with Crippen molar-refractivity contribution in [1.82, 2.24) is 0 Å². The molecule has 2 aromatic rings. The highest BCUT2D eigenvalue weighted by Crippen LogP contribution is 2.19. The van der Waals surface area contributed by atoms with Gasteiger partial charge in [-0.25, -0.2) is 4.79 Å². The number of aryl methyl sites for hydroxylation is 2. The smallest absolute Gasteiger partial charge is 0.338 e. The van der Waals surface area contributed by atoms with Crippen molar-refractivity contribution in [3.8, 4) is 5.75 Å². The van der Waals surface area contributed by atoms with Crippen LogP contribution in [0.2, 0.25) is 0 Å². The molecule has 0 fully saturated rings. The highest BCUT2D eigenvalue weighted by atomic mass is 16.5. The van der Waals surface area contributed by atoms with Crippen molar-refractivity contribution in [2.24, 2.45) is 0 Å². The lowest BCUT2D eigenvalue weighted by Crippen LogP contribution is -2.32. The van der Waals surface area contributed by atoms with E-state index in [0.717, 1.165) is 5.56 Å². The Kier molecular flexibility index (Phi) is 6.78. The number of carbonyl (C=O) groups is 2. The molecule has 0 radical (unpaired) electrons. The first kappa shape index (κ1) is 19.5. The number of benzene rings is 2. The summed E-state index contributed by atoms with van der Waals surface area (Å²) in [5.74, 6) is 0.0669. The minimum Gasteiger partial charge on any atom is -0.481 e. The van der Waals surface area contributed by atoms with Crippen LogP contribution < -0.4 is 10.1 Å². The first-order chi connectivity index (χ1) is 12.4. The van der Waals surface area contributed by atoms with E-state index in [1.54, 1.807) is 31.2 Å². The molecule has 0 aliphatic rings. The molecule has 0 saturated heterocycles. The maximum absolute atomic E-state index is 12.5. The van der Waals surface area contributed by atoms with Crippen LogP contribution in [-0.4, -0.2) is 24.6 Å². The molecule has 138 valence electrons. The summed E-state index contributed by atoms with van der Waals surface area (Å²) in [6, 6.07) is 12.4. The molecule has 0 aliphatic heterocycles. The molecular formula is C21H25NO4. The third kappa shape index (κ3) is 5.09. The summed E-state index contributed by atoms with van der Waals surface area (Å²) in [7, 11) is 0. The van der Waals surface area contributed by atoms with Crippen LogP contribution in [0.3, 0.4) is 0 Å². The zero-order chi connectivity index (χ0) is 19.1. The standard InChI is InChI=1S/C21H25NO4/c1-5-19(26-18-12-7-14(3)15(4)13-18)20(23)22-17-10-8-16(9-11-17)21(24)25-6-2/h7-13,19H,5-6H2,1-4H3,(H,22,23)/t19-/m0/s1. The number of hydrogen-bond acceptors (Lipinski definition) is 4. The second kappa shape index (κ2) is 9.04. The summed E-state index contributed by atoms with van der Waals surface area (Å²) in [5.41, 5.74) is 3.34. The Balaban J connectivity index is 2.02. The van der Waals surface area contributed by atoms with Crippen molar-refractivity contribution < 1.29 is 19.1 Å². The Morgan fingerprint density at radius 3 is 2.27 bits per heavy atom. The van der Waals surface area contributed by atoms with Crippen molar-refractivity contribution in [2.45, 2.75) is 40.2 Å². The van der Waals surface area contributed by atoms with E-state index < -0.39 is 6.10 Å². The summed E-state index contributed by atoms with van der Waals surface area (Å²) >= 11 is 0. The van der Waals surface area contributed by atoms with Crippen LogP contribution in [0, 0.1) is 13.8 Å². The number of hydrogen-bond donors (Lipinski definition) is 1. The predicted molar refractivity (Wildman–Crippen MR) is 102 cm³/mol. The van der Waals surface area contributed by atoms with Gasteiger partial charge in [0.2, 0.25) is 0 Å². The van der Waals surface area contributed by atoms with Gasteiger partial charge in [-0.3, -0.25) is 4.79 Å². The molecule has 2 rings (SSSR count).